The summed E-state index contributed by atoms with van der Waals surface area (Å²) in [5.74, 6) is 0. The first-order valence-corrected chi connectivity index (χ1v) is 9.44. The van der Waals surface area contributed by atoms with Crippen LogP contribution < -0.4 is 12.4 Å². The van der Waals surface area contributed by atoms with Crippen LogP contribution in [0.4, 0.5) is 0 Å². The second-order valence-corrected chi connectivity index (χ2v) is 7.72. The fraction of sp³-hybridized carbons (Fsp3) is 1.00. The molecule has 0 heterocycles. The molecule has 0 atom stereocenters. The summed E-state index contributed by atoms with van der Waals surface area (Å²) in [6.45, 7) is 6.18. The van der Waals surface area contributed by atoms with E-state index in [1.807, 2.05) is 0 Å². The lowest BCUT2D eigenvalue weighted by atomic mass is 10.1. The molecule has 0 aromatic heterocycles. The quantitative estimate of drug-likeness (QED) is 0.327. The summed E-state index contributed by atoms with van der Waals surface area (Å²) in [5.41, 5.74) is 0. The summed E-state index contributed by atoms with van der Waals surface area (Å²) in [6.07, 6.45) is 15.7. The van der Waals surface area contributed by atoms with Crippen LogP contribution in [0.2, 0.25) is 0 Å². The van der Waals surface area contributed by atoms with Crippen LogP contribution in [0.3, 0.4) is 0 Å². The van der Waals surface area contributed by atoms with Gasteiger partial charge in [-0.25, -0.2) is 0 Å². The fourth-order valence-electron chi connectivity index (χ4n) is 2.95. The molecule has 0 fully saturated rings. The minimum atomic E-state index is 0. The lowest BCUT2D eigenvalue weighted by Crippen LogP contribution is -3.00. The molecule has 0 aromatic rings. The van der Waals surface area contributed by atoms with Gasteiger partial charge in [-0.1, -0.05) is 58.3 Å². The molecule has 0 aliphatic heterocycles. The van der Waals surface area contributed by atoms with E-state index in [0.29, 0.717) is 0 Å². The predicted octanol–water partition coefficient (Wildman–Crippen LogP) is 1.94. The first-order valence-electron chi connectivity index (χ1n) is 9.44. The summed E-state index contributed by atoms with van der Waals surface area (Å²) in [7, 11) is 9.12. The van der Waals surface area contributed by atoms with E-state index in [4.69, 9.17) is 0 Å². The molecule has 0 unspecified atom stereocenters. The van der Waals surface area contributed by atoms with Gasteiger partial charge in [-0.15, -0.1) is 0 Å². The molecular weight excluding hydrogens is 292 g/mol. The molecule has 0 saturated heterocycles. The molecule has 2 nitrogen and oxygen atoms in total. The summed E-state index contributed by atoms with van der Waals surface area (Å²) in [5, 5.41) is 0. The number of quaternary nitrogens is 1. The van der Waals surface area contributed by atoms with Gasteiger partial charge in [0.05, 0.1) is 27.2 Å². The van der Waals surface area contributed by atoms with Crippen LogP contribution in [0.1, 0.15) is 77.6 Å². The number of unbranched alkanes of at least 4 members (excludes halogenated alkanes) is 9. The van der Waals surface area contributed by atoms with E-state index in [2.05, 4.69) is 40.0 Å². The second-order valence-electron chi connectivity index (χ2n) is 7.72. The van der Waals surface area contributed by atoms with E-state index < -0.39 is 0 Å². The van der Waals surface area contributed by atoms with Crippen LogP contribution in [0.25, 0.3) is 0 Å². The molecule has 3 heteroatoms. The maximum atomic E-state index is 2.39. The normalized spacial score (nSPS) is 11.7. The van der Waals surface area contributed by atoms with E-state index in [1.54, 1.807) is 0 Å². The largest absolute Gasteiger partial charge is 1.00 e. The van der Waals surface area contributed by atoms with E-state index in [0.717, 1.165) is 0 Å². The molecule has 0 rings (SSSR count). The van der Waals surface area contributed by atoms with Gasteiger partial charge in [-0.3, -0.25) is 0 Å². The first kappa shape index (κ1) is 24.5. The Morgan fingerprint density at radius 3 is 1.50 bits per heavy atom. The number of hydrogen-bond donors (Lipinski definition) is 0. The van der Waals surface area contributed by atoms with Crippen molar-refractivity contribution in [2.24, 2.45) is 0 Å². The molecule has 136 valence electrons. The zero-order chi connectivity index (χ0) is 16.0. The molecule has 0 bridgehead atoms. The number of hydrogen-bond acceptors (Lipinski definition) is 1. The fourth-order valence-corrected chi connectivity index (χ4v) is 2.95. The van der Waals surface area contributed by atoms with Crippen LogP contribution in [-0.4, -0.2) is 57.2 Å². The molecule has 0 N–H and O–H groups in total. The van der Waals surface area contributed by atoms with Gasteiger partial charge in [0, 0.05) is 13.0 Å². The van der Waals surface area contributed by atoms with E-state index in [-0.39, 0.29) is 12.4 Å². The van der Waals surface area contributed by atoms with Gasteiger partial charge >= 0.3 is 0 Å². The standard InChI is InChI=1S/C19H43N2.ClH/c1-6-7-8-9-10-11-12-13-14-15-18-21(4,5)19-16-17-20(2)3;/h6-19H2,1-5H3;1H/q+1;/p-1. The lowest BCUT2D eigenvalue weighted by molar-refractivity contribution is -0.890. The van der Waals surface area contributed by atoms with Gasteiger partial charge in [0.15, 0.2) is 0 Å². The van der Waals surface area contributed by atoms with Crippen LogP contribution in [0, 0.1) is 0 Å². The summed E-state index contributed by atoms with van der Waals surface area (Å²) in [6, 6.07) is 0. The van der Waals surface area contributed by atoms with Gasteiger partial charge in [0.25, 0.3) is 0 Å². The zero-order valence-electron chi connectivity index (χ0n) is 16.2. The Labute approximate surface area is 147 Å². The minimum absolute atomic E-state index is 0. The number of halogens is 1. The summed E-state index contributed by atoms with van der Waals surface area (Å²) >= 11 is 0. The Morgan fingerprint density at radius 2 is 1.05 bits per heavy atom. The average Bonchev–Trinajstić information content (AvgIpc) is 2.40. The monoisotopic (exact) mass is 334 g/mol. The van der Waals surface area contributed by atoms with E-state index >= 15 is 0 Å². The highest BCUT2D eigenvalue weighted by molar-refractivity contribution is 4.48. The van der Waals surface area contributed by atoms with Crippen molar-refractivity contribution < 1.29 is 16.9 Å². The molecule has 0 saturated carbocycles. The van der Waals surface area contributed by atoms with Crippen LogP contribution in [-0.2, 0) is 0 Å². The molecule has 22 heavy (non-hydrogen) atoms. The smallest absolute Gasteiger partial charge is 0.0794 e. The van der Waals surface area contributed by atoms with Crippen molar-refractivity contribution in [1.29, 1.82) is 0 Å². The summed E-state index contributed by atoms with van der Waals surface area (Å²) < 4.78 is 1.20. The predicted molar refractivity (Wildman–Crippen MR) is 96.9 cm³/mol. The van der Waals surface area contributed by atoms with Crippen molar-refractivity contribution in [2.75, 3.05) is 47.8 Å². The molecular formula is C19H43ClN2. The first-order chi connectivity index (χ1) is 9.98. The molecule has 0 spiro atoms. The third kappa shape index (κ3) is 18.3. The molecule has 0 aromatic carbocycles. The van der Waals surface area contributed by atoms with Gasteiger partial charge in [0.1, 0.15) is 0 Å². The van der Waals surface area contributed by atoms with Gasteiger partial charge in [0.2, 0.25) is 0 Å². The Balaban J connectivity index is 0. The number of rotatable bonds is 15. The highest BCUT2D eigenvalue weighted by Crippen LogP contribution is 2.11. The Hall–Kier alpha value is 0.210. The van der Waals surface area contributed by atoms with Crippen molar-refractivity contribution in [3.63, 3.8) is 0 Å². The number of nitrogens with zero attached hydrogens (tertiary/aromatic N) is 2. The molecule has 0 aliphatic carbocycles. The van der Waals surface area contributed by atoms with E-state index in [9.17, 15) is 0 Å². The summed E-state index contributed by atoms with van der Waals surface area (Å²) in [4.78, 5) is 2.29. The molecule has 0 aliphatic rings. The van der Waals surface area contributed by atoms with Crippen molar-refractivity contribution >= 4 is 0 Å². The van der Waals surface area contributed by atoms with Gasteiger partial charge in [-0.05, 0) is 26.9 Å². The minimum Gasteiger partial charge on any atom is -1.00 e. The van der Waals surface area contributed by atoms with Crippen molar-refractivity contribution in [3.8, 4) is 0 Å². The lowest BCUT2D eigenvalue weighted by Gasteiger charge is -2.30. The van der Waals surface area contributed by atoms with Crippen molar-refractivity contribution in [1.82, 2.24) is 4.90 Å². The van der Waals surface area contributed by atoms with Gasteiger partial charge < -0.3 is 21.8 Å². The van der Waals surface area contributed by atoms with Crippen molar-refractivity contribution in [2.45, 2.75) is 77.6 Å². The third-order valence-corrected chi connectivity index (χ3v) is 4.49. The topological polar surface area (TPSA) is 3.24 Å². The van der Waals surface area contributed by atoms with Crippen molar-refractivity contribution in [3.05, 3.63) is 0 Å². The maximum Gasteiger partial charge on any atom is 0.0794 e. The zero-order valence-corrected chi connectivity index (χ0v) is 16.9. The molecule has 0 amide bonds. The second kappa shape index (κ2) is 16.1. The van der Waals surface area contributed by atoms with Crippen LogP contribution in [0.15, 0.2) is 0 Å². The van der Waals surface area contributed by atoms with E-state index in [1.165, 1.54) is 94.7 Å². The Bertz CT molecular complexity index is 217. The highest BCUT2D eigenvalue weighted by Gasteiger charge is 2.13. The van der Waals surface area contributed by atoms with Crippen LogP contribution in [0.5, 0.6) is 0 Å². The Kier molecular flexibility index (Phi) is 17.9. The van der Waals surface area contributed by atoms with Crippen LogP contribution >= 0.6 is 0 Å². The maximum absolute atomic E-state index is 2.39. The Morgan fingerprint density at radius 1 is 0.636 bits per heavy atom. The average molecular weight is 335 g/mol. The highest BCUT2D eigenvalue weighted by atomic mass is 35.5. The SMILES string of the molecule is CCCCCCCCCCCC[N+](C)(C)CCCN(C)C.[Cl-]. The van der Waals surface area contributed by atoms with Gasteiger partial charge in [-0.2, -0.15) is 0 Å². The molecule has 0 radical (unpaired) electrons. The third-order valence-electron chi connectivity index (χ3n) is 4.49.